The topological polar surface area (TPSA) is 168 Å². The lowest BCUT2D eigenvalue weighted by Crippen LogP contribution is -2.30. The van der Waals surface area contributed by atoms with E-state index < -0.39 is 7.12 Å². The van der Waals surface area contributed by atoms with Crippen molar-refractivity contribution in [2.75, 3.05) is 13.2 Å². The molecule has 6 atom stereocenters. The van der Waals surface area contributed by atoms with Gasteiger partial charge >= 0.3 is 7.12 Å². The zero-order valence-electron chi connectivity index (χ0n) is 25.5. The summed E-state index contributed by atoms with van der Waals surface area (Å²) in [7, 11) is -1.47. The van der Waals surface area contributed by atoms with Gasteiger partial charge in [-0.1, -0.05) is 22.0 Å². The summed E-state index contributed by atoms with van der Waals surface area (Å²) in [5.74, 6) is 5.36. The first-order valence-electron chi connectivity index (χ1n) is 15.6. The Morgan fingerprint density at radius 3 is 1.69 bits per heavy atom. The summed E-state index contributed by atoms with van der Waals surface area (Å²) >= 11 is 3.53. The van der Waals surface area contributed by atoms with E-state index in [1.807, 2.05) is 30.9 Å². The summed E-state index contributed by atoms with van der Waals surface area (Å²) in [5.41, 5.74) is 7.53. The Kier molecular flexibility index (Phi) is 8.20. The highest BCUT2D eigenvalue weighted by molar-refractivity contribution is 9.10. The zero-order valence-corrected chi connectivity index (χ0v) is 27.1. The van der Waals surface area contributed by atoms with Crippen molar-refractivity contribution < 1.29 is 19.5 Å². The van der Waals surface area contributed by atoms with Crippen LogP contribution in [0.15, 0.2) is 103 Å². The van der Waals surface area contributed by atoms with E-state index in [1.54, 1.807) is 19.0 Å². The standard InChI is InChI=1S/C17H14N4O.C13H11BrN2O.C4H5BN2O2/c1-2-15-12(3-10(1)11-4-18-8-19-5-11)16-13(7-22-15)17(16)14-6-20-9-21-14;14-7-1-2-11-8(3-7)12-9(5-17-11)13(12)10-4-15-6-16-10;8-5(9)4-1-6-3-7-2-4/h1-6,8-9,13,16-17H,7H2,(H,20,21);1-4,6,9,12-13H,5H2,(H,15,16);1-3,8-9H/t13-,16+,17-;9-,12+,13-;/m00./s1. The minimum absolute atomic E-state index is 0.303. The molecule has 2 saturated carbocycles. The number of imidazole rings is 2. The fourth-order valence-corrected chi connectivity index (χ4v) is 7.43. The van der Waals surface area contributed by atoms with Crippen LogP contribution in [-0.4, -0.2) is 70.3 Å². The maximum absolute atomic E-state index is 8.50. The molecular formula is C34H30BBrN8O4. The Hall–Kier alpha value is -4.92. The quantitative estimate of drug-likeness (QED) is 0.197. The van der Waals surface area contributed by atoms with Gasteiger partial charge < -0.3 is 29.5 Å². The Bertz CT molecular complexity index is 1990. The number of hydrogen-bond acceptors (Lipinski definition) is 10. The second-order valence-corrected chi connectivity index (χ2v) is 13.1. The molecular weight excluding hydrogens is 675 g/mol. The summed E-state index contributed by atoms with van der Waals surface area (Å²) < 4.78 is 12.9. The Morgan fingerprint density at radius 1 is 0.625 bits per heavy atom. The Balaban J connectivity index is 0.000000115. The van der Waals surface area contributed by atoms with Gasteiger partial charge in [-0.05, 0) is 47.0 Å². The molecule has 2 aliphatic heterocycles. The first kappa shape index (κ1) is 30.4. The molecule has 12 nitrogen and oxygen atoms in total. The van der Waals surface area contributed by atoms with E-state index in [0.717, 1.165) is 40.3 Å². The molecule has 2 fully saturated rings. The summed E-state index contributed by atoms with van der Waals surface area (Å²) in [5, 5.41) is 17.0. The van der Waals surface area contributed by atoms with Crippen LogP contribution in [0.2, 0.25) is 0 Å². The first-order valence-corrected chi connectivity index (χ1v) is 16.4. The highest BCUT2D eigenvalue weighted by Crippen LogP contribution is 2.65. The molecule has 6 heterocycles. The van der Waals surface area contributed by atoms with Gasteiger partial charge in [0.05, 0.1) is 25.9 Å². The van der Waals surface area contributed by atoms with E-state index in [9.17, 15) is 0 Å². The van der Waals surface area contributed by atoms with E-state index in [0.29, 0.717) is 41.0 Å². The van der Waals surface area contributed by atoms with E-state index >= 15 is 0 Å². The number of H-pyrrole nitrogens is 2. The molecule has 4 aromatic heterocycles. The lowest BCUT2D eigenvalue weighted by Gasteiger charge is -2.17. The summed E-state index contributed by atoms with van der Waals surface area (Å²) in [4.78, 5) is 30.1. The third-order valence-corrected chi connectivity index (χ3v) is 9.92. The maximum atomic E-state index is 8.50. The molecule has 0 spiro atoms. The van der Waals surface area contributed by atoms with Gasteiger partial charge in [-0.25, -0.2) is 29.9 Å². The van der Waals surface area contributed by atoms with Crippen molar-refractivity contribution >= 4 is 28.5 Å². The van der Waals surface area contributed by atoms with Crippen LogP contribution in [0.5, 0.6) is 11.5 Å². The molecule has 0 bridgehead atoms. The summed E-state index contributed by atoms with van der Waals surface area (Å²) in [6.45, 7) is 1.61. The molecule has 10 rings (SSSR count). The predicted molar refractivity (Wildman–Crippen MR) is 180 cm³/mol. The third kappa shape index (κ3) is 5.98. The molecule has 0 amide bonds. The van der Waals surface area contributed by atoms with Crippen LogP contribution in [0.25, 0.3) is 11.1 Å². The van der Waals surface area contributed by atoms with Gasteiger partial charge in [-0.2, -0.15) is 0 Å². The van der Waals surface area contributed by atoms with Crippen molar-refractivity contribution in [3.05, 3.63) is 126 Å². The molecule has 2 aliphatic carbocycles. The number of rotatable bonds is 4. The normalized spacial score (nSPS) is 23.5. The molecule has 240 valence electrons. The van der Waals surface area contributed by atoms with Crippen LogP contribution in [0.1, 0.15) is 46.2 Å². The monoisotopic (exact) mass is 704 g/mol. The van der Waals surface area contributed by atoms with Crippen LogP contribution in [0.3, 0.4) is 0 Å². The fourth-order valence-electron chi connectivity index (χ4n) is 7.05. The van der Waals surface area contributed by atoms with Gasteiger partial charge in [-0.3, -0.25) is 0 Å². The summed E-state index contributed by atoms with van der Waals surface area (Å²) in [6.07, 6.45) is 16.6. The maximum Gasteiger partial charge on any atom is 0.491 e. The second kappa shape index (κ2) is 12.9. The third-order valence-electron chi connectivity index (χ3n) is 9.43. The summed E-state index contributed by atoms with van der Waals surface area (Å²) in [6, 6.07) is 12.6. The minimum Gasteiger partial charge on any atom is -0.493 e. The largest absolute Gasteiger partial charge is 0.493 e. The number of nitrogens with one attached hydrogen (secondary N) is 2. The van der Waals surface area contributed by atoms with Crippen LogP contribution in [0, 0.1) is 11.8 Å². The SMILES string of the molecule is Brc1ccc2c(c1)[C@@H]1[C@H](CO2)[C@H]1c1cnc[nH]1.OB(O)c1cncnc1.c1ncc(-c2ccc3c(c2)[C@@H]2[C@H](CO3)[C@H]2c2cnc[nH]2)cn1. The molecule has 14 heteroatoms. The fraction of sp³-hybridized carbons (Fsp3) is 0.235. The van der Waals surface area contributed by atoms with Crippen molar-refractivity contribution in [1.82, 2.24) is 39.9 Å². The number of hydrogen-bond donors (Lipinski definition) is 4. The lowest BCUT2D eigenvalue weighted by molar-refractivity contribution is 0.277. The smallest absolute Gasteiger partial charge is 0.491 e. The van der Waals surface area contributed by atoms with Crippen molar-refractivity contribution in [1.29, 1.82) is 0 Å². The molecule has 0 unspecified atom stereocenters. The van der Waals surface area contributed by atoms with Gasteiger partial charge in [0.25, 0.3) is 0 Å². The number of ether oxygens (including phenoxy) is 2. The number of halogens is 1. The second-order valence-electron chi connectivity index (χ2n) is 12.2. The molecule has 0 saturated heterocycles. The van der Waals surface area contributed by atoms with Crippen LogP contribution in [-0.2, 0) is 0 Å². The van der Waals surface area contributed by atoms with E-state index in [-0.39, 0.29) is 0 Å². The van der Waals surface area contributed by atoms with Crippen LogP contribution >= 0.6 is 15.9 Å². The zero-order chi connectivity index (χ0) is 32.6. The average molecular weight is 705 g/mol. The van der Waals surface area contributed by atoms with Gasteiger partial charge in [-0.15, -0.1) is 0 Å². The first-order chi connectivity index (χ1) is 23.6. The van der Waals surface area contributed by atoms with E-state index in [4.69, 9.17) is 19.5 Å². The number of aromatic nitrogens is 8. The van der Waals surface area contributed by atoms with Crippen molar-refractivity contribution in [2.24, 2.45) is 11.8 Å². The number of fused-ring (bicyclic) bond motifs is 6. The average Bonchev–Trinajstić information content (AvgIpc) is 3.84. The van der Waals surface area contributed by atoms with E-state index in [2.05, 4.69) is 86.1 Å². The molecule has 2 aromatic carbocycles. The Morgan fingerprint density at radius 2 is 1.17 bits per heavy atom. The highest BCUT2D eigenvalue weighted by Gasteiger charge is 2.57. The van der Waals surface area contributed by atoms with Crippen LogP contribution in [0.4, 0.5) is 0 Å². The van der Waals surface area contributed by atoms with Gasteiger partial charge in [0.1, 0.15) is 24.2 Å². The molecule has 4 N–H and O–H groups in total. The van der Waals surface area contributed by atoms with Crippen molar-refractivity contribution in [3.8, 4) is 22.6 Å². The number of benzene rings is 2. The van der Waals surface area contributed by atoms with Gasteiger partial charge in [0, 0.05) is 99.6 Å². The van der Waals surface area contributed by atoms with Crippen molar-refractivity contribution in [2.45, 2.75) is 23.7 Å². The highest BCUT2D eigenvalue weighted by atomic mass is 79.9. The van der Waals surface area contributed by atoms with E-state index in [1.165, 1.54) is 41.2 Å². The van der Waals surface area contributed by atoms with Gasteiger partial charge in [0.2, 0.25) is 0 Å². The van der Waals surface area contributed by atoms with Crippen LogP contribution < -0.4 is 14.9 Å². The number of nitrogens with zero attached hydrogens (tertiary/aromatic N) is 6. The molecule has 0 radical (unpaired) electrons. The van der Waals surface area contributed by atoms with Gasteiger partial charge in [0.15, 0.2) is 0 Å². The predicted octanol–water partition coefficient (Wildman–Crippen LogP) is 3.97. The molecule has 4 aliphatic rings. The Labute approximate surface area is 284 Å². The number of aromatic amines is 2. The molecule has 6 aromatic rings. The minimum atomic E-state index is -1.47. The molecule has 48 heavy (non-hydrogen) atoms. The van der Waals surface area contributed by atoms with Crippen molar-refractivity contribution in [3.63, 3.8) is 0 Å². The lowest BCUT2D eigenvalue weighted by atomic mass is 9.83.